The molecule has 0 spiro atoms. The first-order valence-electron chi connectivity index (χ1n) is 5.79. The molecule has 2 N–H and O–H groups in total. The lowest BCUT2D eigenvalue weighted by atomic mass is 10.4. The number of hydrogen-bond acceptors (Lipinski definition) is 4. The summed E-state index contributed by atoms with van der Waals surface area (Å²) in [6.45, 7) is 0.880. The zero-order chi connectivity index (χ0) is 13.2. The summed E-state index contributed by atoms with van der Waals surface area (Å²) < 4.78 is 26.4. The van der Waals surface area contributed by atoms with E-state index in [0.717, 1.165) is 12.8 Å². The molecule has 1 heterocycles. The molecule has 0 unspecified atom stereocenters. The highest BCUT2D eigenvalue weighted by Gasteiger charge is 2.32. The van der Waals surface area contributed by atoms with E-state index >= 15 is 0 Å². The molecule has 18 heavy (non-hydrogen) atoms. The van der Waals surface area contributed by atoms with E-state index in [0.29, 0.717) is 22.2 Å². The van der Waals surface area contributed by atoms with Gasteiger partial charge in [-0.2, -0.15) is 4.31 Å². The van der Waals surface area contributed by atoms with Crippen LogP contribution in [0.3, 0.4) is 0 Å². The van der Waals surface area contributed by atoms with Gasteiger partial charge in [-0.25, -0.2) is 8.42 Å². The largest absolute Gasteiger partial charge is 0.326 e. The summed E-state index contributed by atoms with van der Waals surface area (Å²) >= 11 is 1.36. The maximum Gasteiger partial charge on any atom is 0.245 e. The number of hydrogen-bond donors (Lipinski definition) is 1. The van der Waals surface area contributed by atoms with Crippen LogP contribution in [0.25, 0.3) is 0 Å². The zero-order valence-corrected chi connectivity index (χ0v) is 11.6. The molecule has 0 amide bonds. The van der Waals surface area contributed by atoms with Crippen molar-refractivity contribution in [2.75, 3.05) is 13.1 Å². The van der Waals surface area contributed by atoms with E-state index in [1.165, 1.54) is 15.6 Å². The van der Waals surface area contributed by atoms with E-state index in [2.05, 4.69) is 5.92 Å². The maximum atomic E-state index is 12.5. The Morgan fingerprint density at radius 2 is 2.28 bits per heavy atom. The molecular formula is C12H16N2O2S2. The fraction of sp³-hybridized carbons (Fsp3) is 0.500. The summed E-state index contributed by atoms with van der Waals surface area (Å²) in [6, 6.07) is 1.61. The molecule has 0 aliphatic heterocycles. The molecule has 0 saturated heterocycles. The Labute approximate surface area is 112 Å². The third kappa shape index (κ3) is 2.75. The lowest BCUT2D eigenvalue weighted by Gasteiger charge is -2.19. The Kier molecular flexibility index (Phi) is 4.07. The second-order valence-corrected chi connectivity index (χ2v) is 7.26. The van der Waals surface area contributed by atoms with Gasteiger partial charge in [-0.15, -0.1) is 17.8 Å². The van der Waals surface area contributed by atoms with E-state index < -0.39 is 10.0 Å². The van der Waals surface area contributed by atoms with Crippen LogP contribution in [-0.4, -0.2) is 25.8 Å². The highest BCUT2D eigenvalue weighted by atomic mass is 32.2. The summed E-state index contributed by atoms with van der Waals surface area (Å²) in [7, 11) is -3.50. The van der Waals surface area contributed by atoms with Gasteiger partial charge in [0.25, 0.3) is 0 Å². The van der Waals surface area contributed by atoms with Crippen LogP contribution in [0.4, 0.5) is 0 Å². The molecule has 0 bridgehead atoms. The van der Waals surface area contributed by atoms with Gasteiger partial charge in [-0.05, 0) is 30.2 Å². The zero-order valence-electron chi connectivity index (χ0n) is 10.0. The standard InChI is InChI=1S/C12H16N2O2S2/c1-2-6-14(9-10-3-4-10)18(15,16)12-5-7-17-11(12)8-13/h1,5,7,10H,3-4,6,8-9,13H2. The predicted octanol–water partition coefficient (Wildman–Crippen LogP) is 1.24. The van der Waals surface area contributed by atoms with Gasteiger partial charge >= 0.3 is 0 Å². The number of nitrogens with two attached hydrogens (primary N) is 1. The molecule has 98 valence electrons. The number of nitrogens with zero attached hydrogens (tertiary/aromatic N) is 1. The van der Waals surface area contributed by atoms with Gasteiger partial charge in [-0.1, -0.05) is 5.92 Å². The molecule has 1 aliphatic carbocycles. The van der Waals surface area contributed by atoms with Gasteiger partial charge in [0.15, 0.2) is 0 Å². The minimum atomic E-state index is -3.50. The smallest absolute Gasteiger partial charge is 0.245 e. The summed E-state index contributed by atoms with van der Waals surface area (Å²) in [6.07, 6.45) is 7.44. The molecule has 1 aromatic heterocycles. The van der Waals surface area contributed by atoms with E-state index in [-0.39, 0.29) is 13.1 Å². The van der Waals surface area contributed by atoms with Crippen LogP contribution in [0.2, 0.25) is 0 Å². The Balaban J connectivity index is 2.29. The molecule has 1 fully saturated rings. The van der Waals surface area contributed by atoms with Crippen LogP contribution < -0.4 is 5.73 Å². The lowest BCUT2D eigenvalue weighted by molar-refractivity contribution is 0.430. The third-order valence-electron chi connectivity index (χ3n) is 2.93. The molecule has 4 nitrogen and oxygen atoms in total. The summed E-state index contributed by atoms with van der Waals surface area (Å²) in [5.41, 5.74) is 5.57. The van der Waals surface area contributed by atoms with Crippen molar-refractivity contribution in [3.8, 4) is 12.3 Å². The Hall–Kier alpha value is -0.870. The van der Waals surface area contributed by atoms with E-state index in [1.807, 2.05) is 0 Å². The minimum Gasteiger partial charge on any atom is -0.326 e. The van der Waals surface area contributed by atoms with Gasteiger partial charge in [0.2, 0.25) is 10.0 Å². The Morgan fingerprint density at radius 1 is 1.56 bits per heavy atom. The molecule has 0 atom stereocenters. The first-order chi connectivity index (χ1) is 8.59. The van der Waals surface area contributed by atoms with Gasteiger partial charge in [-0.3, -0.25) is 0 Å². The van der Waals surface area contributed by atoms with Crippen molar-refractivity contribution in [1.82, 2.24) is 4.31 Å². The third-order valence-corrected chi connectivity index (χ3v) is 5.90. The summed E-state index contributed by atoms with van der Waals surface area (Å²) in [5.74, 6) is 2.89. The van der Waals surface area contributed by atoms with Crippen molar-refractivity contribution >= 4 is 21.4 Å². The van der Waals surface area contributed by atoms with Gasteiger partial charge in [0.05, 0.1) is 11.4 Å². The fourth-order valence-electron chi connectivity index (χ4n) is 1.78. The van der Waals surface area contributed by atoms with Crippen molar-refractivity contribution < 1.29 is 8.42 Å². The number of thiophene rings is 1. The van der Waals surface area contributed by atoms with Crippen molar-refractivity contribution in [3.05, 3.63) is 16.3 Å². The molecule has 0 radical (unpaired) electrons. The van der Waals surface area contributed by atoms with Crippen LogP contribution in [0.1, 0.15) is 17.7 Å². The molecule has 1 aromatic rings. The monoisotopic (exact) mass is 284 g/mol. The average molecular weight is 284 g/mol. The highest BCUT2D eigenvalue weighted by molar-refractivity contribution is 7.89. The van der Waals surface area contributed by atoms with E-state index in [1.54, 1.807) is 11.4 Å². The van der Waals surface area contributed by atoms with Gasteiger partial charge in [0.1, 0.15) is 0 Å². The second-order valence-electron chi connectivity index (χ2n) is 4.36. The Morgan fingerprint density at radius 3 is 2.83 bits per heavy atom. The number of sulfonamides is 1. The lowest BCUT2D eigenvalue weighted by Crippen LogP contribution is -2.33. The molecule has 0 aromatic carbocycles. The SMILES string of the molecule is C#CCN(CC1CC1)S(=O)(=O)c1ccsc1CN. The van der Waals surface area contributed by atoms with Crippen LogP contribution in [-0.2, 0) is 16.6 Å². The van der Waals surface area contributed by atoms with Gasteiger partial charge in [0, 0.05) is 18.0 Å². The first kappa shape index (κ1) is 13.6. The summed E-state index contributed by atoms with van der Waals surface area (Å²) in [5, 5.41) is 1.75. The number of terminal acetylenes is 1. The molecule has 2 rings (SSSR count). The quantitative estimate of drug-likeness (QED) is 0.799. The first-order valence-corrected chi connectivity index (χ1v) is 8.11. The molecule has 1 saturated carbocycles. The normalized spacial score (nSPS) is 15.8. The Bertz CT molecular complexity index is 553. The van der Waals surface area contributed by atoms with Crippen molar-refractivity contribution in [2.45, 2.75) is 24.3 Å². The predicted molar refractivity (Wildman–Crippen MR) is 72.5 cm³/mol. The van der Waals surface area contributed by atoms with Crippen molar-refractivity contribution in [2.24, 2.45) is 11.7 Å². The van der Waals surface area contributed by atoms with E-state index in [4.69, 9.17) is 12.2 Å². The highest BCUT2D eigenvalue weighted by Crippen LogP contribution is 2.32. The van der Waals surface area contributed by atoms with Gasteiger partial charge < -0.3 is 5.73 Å². The number of rotatable bonds is 6. The topological polar surface area (TPSA) is 63.4 Å². The van der Waals surface area contributed by atoms with Crippen LogP contribution in [0.15, 0.2) is 16.3 Å². The molecular weight excluding hydrogens is 268 g/mol. The summed E-state index contributed by atoms with van der Waals surface area (Å²) in [4.78, 5) is 0.999. The maximum absolute atomic E-state index is 12.5. The molecule has 6 heteroatoms. The average Bonchev–Trinajstić information content (AvgIpc) is 3.02. The van der Waals surface area contributed by atoms with Crippen LogP contribution in [0, 0.1) is 18.3 Å². The van der Waals surface area contributed by atoms with Crippen LogP contribution >= 0.6 is 11.3 Å². The minimum absolute atomic E-state index is 0.124. The molecule has 1 aliphatic rings. The van der Waals surface area contributed by atoms with Crippen LogP contribution in [0.5, 0.6) is 0 Å². The van der Waals surface area contributed by atoms with Crippen molar-refractivity contribution in [1.29, 1.82) is 0 Å². The second kappa shape index (κ2) is 5.41. The van der Waals surface area contributed by atoms with E-state index in [9.17, 15) is 8.42 Å². The fourth-order valence-corrected chi connectivity index (χ4v) is 4.52. The van der Waals surface area contributed by atoms with Crippen molar-refractivity contribution in [3.63, 3.8) is 0 Å².